The summed E-state index contributed by atoms with van der Waals surface area (Å²) in [6.45, 7) is 2.97. The van der Waals surface area contributed by atoms with Gasteiger partial charge in [0.2, 0.25) is 5.91 Å². The van der Waals surface area contributed by atoms with E-state index in [0.29, 0.717) is 42.9 Å². The second kappa shape index (κ2) is 12.2. The van der Waals surface area contributed by atoms with Gasteiger partial charge in [0.05, 0.1) is 0 Å². The van der Waals surface area contributed by atoms with Crippen LogP contribution in [0.4, 0.5) is 13.2 Å². The van der Waals surface area contributed by atoms with Crippen LogP contribution >= 0.6 is 0 Å². The molecule has 2 aromatic carbocycles. The van der Waals surface area contributed by atoms with E-state index in [1.807, 2.05) is 19.1 Å². The minimum Gasteiger partial charge on any atom is -0.492 e. The molecule has 0 heterocycles. The molecule has 2 atom stereocenters. The Morgan fingerprint density at radius 1 is 1.26 bits per heavy atom. The molecule has 8 heteroatoms. The molecule has 2 aromatic rings. The molecule has 3 rings (SSSR count). The zero-order valence-corrected chi connectivity index (χ0v) is 19.9. The van der Waals surface area contributed by atoms with E-state index in [4.69, 9.17) is 15.6 Å². The number of fused-ring (bicyclic) bond motifs is 1. The molecule has 1 aliphatic rings. The molecule has 0 bridgehead atoms. The molecule has 4 N–H and O–H groups in total. The normalized spacial score (nSPS) is 15.7. The molecule has 0 saturated heterocycles. The summed E-state index contributed by atoms with van der Waals surface area (Å²) in [5.41, 5.74) is 9.66. The lowest BCUT2D eigenvalue weighted by Crippen LogP contribution is -2.32. The van der Waals surface area contributed by atoms with Gasteiger partial charge >= 0.3 is 6.18 Å². The summed E-state index contributed by atoms with van der Waals surface area (Å²) in [6.07, 6.45) is 0.962. The van der Waals surface area contributed by atoms with E-state index < -0.39 is 18.5 Å². The maximum Gasteiger partial charge on any atom is 0.389 e. The average molecular weight is 491 g/mol. The third-order valence-electron chi connectivity index (χ3n) is 6.13. The number of aliphatic hydroxyl groups excluding tert-OH is 1. The van der Waals surface area contributed by atoms with E-state index >= 15 is 0 Å². The first kappa shape index (κ1) is 26.8. The van der Waals surface area contributed by atoms with Gasteiger partial charge in [-0.25, -0.2) is 0 Å². The first-order chi connectivity index (χ1) is 16.7. The number of ether oxygens (including phenoxy) is 1. The van der Waals surface area contributed by atoms with Crippen LogP contribution in [0.1, 0.15) is 64.7 Å². The predicted molar refractivity (Wildman–Crippen MR) is 131 cm³/mol. The number of para-hydroxylation sites is 1. The fourth-order valence-corrected chi connectivity index (χ4v) is 4.50. The van der Waals surface area contributed by atoms with Gasteiger partial charge < -0.3 is 20.9 Å². The smallest absolute Gasteiger partial charge is 0.389 e. The van der Waals surface area contributed by atoms with E-state index in [1.54, 1.807) is 24.3 Å². The number of hydrogen-bond acceptors (Lipinski definition) is 4. The summed E-state index contributed by atoms with van der Waals surface area (Å²) < 4.78 is 43.4. The number of halogens is 3. The van der Waals surface area contributed by atoms with E-state index in [9.17, 15) is 18.0 Å². The largest absolute Gasteiger partial charge is 0.492 e. The number of alkyl halides is 3. The number of nitrogens with two attached hydrogens (primary N) is 1. The van der Waals surface area contributed by atoms with Gasteiger partial charge in [-0.2, -0.15) is 13.2 Å². The van der Waals surface area contributed by atoms with E-state index in [1.165, 1.54) is 0 Å². The number of primary amides is 1. The fraction of sp³-hybridized carbons (Fsp3) is 0.444. The van der Waals surface area contributed by atoms with Crippen molar-refractivity contribution in [1.29, 1.82) is 0 Å². The number of carbonyl (C=O) groups is 1. The Morgan fingerprint density at radius 2 is 2.03 bits per heavy atom. The van der Waals surface area contributed by atoms with Crippen molar-refractivity contribution in [3.63, 3.8) is 0 Å². The Labute approximate surface area is 204 Å². The van der Waals surface area contributed by atoms with Crippen LogP contribution < -0.4 is 15.8 Å². The van der Waals surface area contributed by atoms with Crippen LogP contribution in [0, 0.1) is 0 Å². The minimum atomic E-state index is -4.20. The van der Waals surface area contributed by atoms with Gasteiger partial charge in [-0.05, 0) is 67.0 Å². The van der Waals surface area contributed by atoms with Gasteiger partial charge in [0.25, 0.3) is 0 Å². The van der Waals surface area contributed by atoms with Crippen LogP contribution in [0.15, 0.2) is 42.5 Å². The number of nitrogens with one attached hydrogen (secondary N) is 1. The van der Waals surface area contributed by atoms with Crippen molar-refractivity contribution in [3.8, 4) is 5.75 Å². The fourth-order valence-electron chi connectivity index (χ4n) is 4.50. The Kier molecular flexibility index (Phi) is 9.34. The number of benzene rings is 2. The second-order valence-corrected chi connectivity index (χ2v) is 8.97. The van der Waals surface area contributed by atoms with E-state index in [-0.39, 0.29) is 25.0 Å². The molecular weight excluding hydrogens is 457 g/mol. The summed E-state index contributed by atoms with van der Waals surface area (Å²) >= 11 is 0. The molecule has 0 saturated carbocycles. The highest BCUT2D eigenvalue weighted by Gasteiger charge is 2.27. The van der Waals surface area contributed by atoms with Crippen LogP contribution in [-0.2, 0) is 12.8 Å². The monoisotopic (exact) mass is 490 g/mol. The van der Waals surface area contributed by atoms with Gasteiger partial charge in [0.1, 0.15) is 12.4 Å². The Balaban J connectivity index is 1.54. The molecule has 190 valence electrons. The first-order valence-corrected chi connectivity index (χ1v) is 11.9. The summed E-state index contributed by atoms with van der Waals surface area (Å²) in [5.74, 6) is 0.0953. The van der Waals surface area contributed by atoms with Crippen molar-refractivity contribution in [2.45, 2.75) is 57.2 Å². The Bertz CT molecular complexity index is 1040. The quantitative estimate of drug-likeness (QED) is 0.354. The molecule has 0 radical (unpaired) electrons. The highest BCUT2D eigenvalue weighted by atomic mass is 19.4. The third kappa shape index (κ3) is 7.83. The van der Waals surface area contributed by atoms with Crippen molar-refractivity contribution < 1.29 is 27.8 Å². The zero-order chi connectivity index (χ0) is 25.4. The van der Waals surface area contributed by atoms with Gasteiger partial charge in [-0.1, -0.05) is 36.4 Å². The molecule has 5 nitrogen and oxygen atoms in total. The predicted octanol–water partition coefficient (Wildman–Crippen LogP) is 4.76. The molecule has 0 aliphatic heterocycles. The maximum absolute atomic E-state index is 12.6. The highest BCUT2D eigenvalue weighted by Crippen LogP contribution is 2.37. The summed E-state index contributed by atoms with van der Waals surface area (Å²) in [6, 6.07) is 10.8. The highest BCUT2D eigenvalue weighted by molar-refractivity contribution is 5.96. The number of aliphatic hydroxyl groups is 1. The van der Waals surface area contributed by atoms with Crippen molar-refractivity contribution in [2.75, 3.05) is 19.8 Å². The second-order valence-electron chi connectivity index (χ2n) is 8.97. The van der Waals surface area contributed by atoms with Crippen LogP contribution in [0.25, 0.3) is 6.08 Å². The van der Waals surface area contributed by atoms with Crippen molar-refractivity contribution >= 4 is 12.0 Å². The average Bonchev–Trinajstić information content (AvgIpc) is 3.21. The van der Waals surface area contributed by atoms with Gasteiger partial charge in [0.15, 0.2) is 0 Å². The van der Waals surface area contributed by atoms with Gasteiger partial charge in [-0.15, -0.1) is 0 Å². The SMILES string of the molecule is CC(Cc1cc2c(c(C(N)=O)c1)C(CCCO)C=C2)NCCOc1ccccc1CCC(F)(F)F. The van der Waals surface area contributed by atoms with Gasteiger partial charge in [-0.3, -0.25) is 4.79 Å². The molecule has 1 amide bonds. The van der Waals surface area contributed by atoms with Crippen LogP contribution in [0.2, 0.25) is 0 Å². The number of aryl methyl sites for hydroxylation is 1. The minimum absolute atomic E-state index is 0.0772. The van der Waals surface area contributed by atoms with Crippen LogP contribution in [-0.4, -0.2) is 43.0 Å². The number of allylic oxidation sites excluding steroid dienone is 1. The molecule has 2 unspecified atom stereocenters. The lowest BCUT2D eigenvalue weighted by atomic mass is 9.89. The number of amides is 1. The summed E-state index contributed by atoms with van der Waals surface area (Å²) in [7, 11) is 0. The third-order valence-corrected chi connectivity index (χ3v) is 6.13. The lowest BCUT2D eigenvalue weighted by molar-refractivity contribution is -0.134. The molecular formula is C27H33F3N2O3. The maximum atomic E-state index is 12.6. The molecule has 0 spiro atoms. The summed E-state index contributed by atoms with van der Waals surface area (Å²) in [5, 5.41) is 12.5. The molecule has 1 aliphatic carbocycles. The lowest BCUT2D eigenvalue weighted by Gasteiger charge is -2.18. The molecule has 35 heavy (non-hydrogen) atoms. The van der Waals surface area contributed by atoms with Crippen molar-refractivity contribution in [1.82, 2.24) is 5.32 Å². The number of rotatable bonds is 13. The first-order valence-electron chi connectivity index (χ1n) is 11.9. The Hall–Kier alpha value is -2.84. The van der Waals surface area contributed by atoms with Crippen LogP contribution in [0.5, 0.6) is 5.75 Å². The molecule has 0 fully saturated rings. The standard InChI is InChI=1S/C27H33F3N2O3/c1-18(32-12-14-35-24-7-3-2-5-20(24)10-11-27(28,29)30)15-19-16-22-9-8-21(6-4-13-33)25(22)23(17-19)26(31)34/h2-3,5,7-9,16-18,21,32-33H,4,6,10-15H2,1H3,(H2,31,34). The summed E-state index contributed by atoms with van der Waals surface area (Å²) in [4.78, 5) is 12.1. The number of carbonyl (C=O) groups excluding carboxylic acids is 1. The van der Waals surface area contributed by atoms with Crippen molar-refractivity contribution in [3.05, 3.63) is 70.3 Å². The van der Waals surface area contributed by atoms with Gasteiger partial charge in [0, 0.05) is 37.1 Å². The van der Waals surface area contributed by atoms with E-state index in [2.05, 4.69) is 17.5 Å². The van der Waals surface area contributed by atoms with Crippen molar-refractivity contribution in [2.24, 2.45) is 5.73 Å². The zero-order valence-electron chi connectivity index (χ0n) is 19.9. The Morgan fingerprint density at radius 3 is 2.74 bits per heavy atom. The topological polar surface area (TPSA) is 84.6 Å². The van der Waals surface area contributed by atoms with E-state index in [0.717, 1.165) is 23.1 Å². The molecule has 0 aromatic heterocycles. The number of hydrogen-bond donors (Lipinski definition) is 3. The van der Waals surface area contributed by atoms with Crippen LogP contribution in [0.3, 0.4) is 0 Å².